The Labute approximate surface area is 119 Å². The summed E-state index contributed by atoms with van der Waals surface area (Å²) >= 11 is 12.4. The molecule has 2 unspecified atom stereocenters. The standard InChI is InChI=1S/C14H20Cl2N2/c1-18(14-7-2-4-10(14)8-17)9-11-12(15)5-3-6-13(11)16/h3,5-6,10,14H,2,4,7-9,17H2,1H3. The molecule has 2 nitrogen and oxygen atoms in total. The third kappa shape index (κ3) is 3.00. The molecule has 18 heavy (non-hydrogen) atoms. The van der Waals surface area contributed by atoms with Crippen LogP contribution in [0.1, 0.15) is 24.8 Å². The average molecular weight is 287 g/mol. The second kappa shape index (κ2) is 6.25. The van der Waals surface area contributed by atoms with Crippen molar-refractivity contribution in [3.8, 4) is 0 Å². The van der Waals surface area contributed by atoms with Crippen LogP contribution >= 0.6 is 23.2 Å². The molecular weight excluding hydrogens is 267 g/mol. The molecule has 1 aromatic rings. The summed E-state index contributed by atoms with van der Waals surface area (Å²) in [4.78, 5) is 2.34. The van der Waals surface area contributed by atoms with Crippen molar-refractivity contribution >= 4 is 23.2 Å². The highest BCUT2D eigenvalue weighted by Crippen LogP contribution is 2.32. The van der Waals surface area contributed by atoms with E-state index >= 15 is 0 Å². The highest BCUT2D eigenvalue weighted by Gasteiger charge is 2.29. The molecule has 0 aromatic heterocycles. The van der Waals surface area contributed by atoms with Crippen LogP contribution in [0.4, 0.5) is 0 Å². The molecule has 1 aliphatic carbocycles. The smallest absolute Gasteiger partial charge is 0.0465 e. The van der Waals surface area contributed by atoms with Gasteiger partial charge in [-0.1, -0.05) is 35.7 Å². The van der Waals surface area contributed by atoms with E-state index in [-0.39, 0.29) is 0 Å². The zero-order valence-corrected chi connectivity index (χ0v) is 12.2. The lowest BCUT2D eigenvalue weighted by Crippen LogP contribution is -2.37. The van der Waals surface area contributed by atoms with Crippen LogP contribution in [-0.4, -0.2) is 24.5 Å². The molecule has 0 spiro atoms. The fourth-order valence-electron chi connectivity index (χ4n) is 2.92. The maximum Gasteiger partial charge on any atom is 0.0465 e. The zero-order valence-electron chi connectivity index (χ0n) is 10.7. The molecule has 0 heterocycles. The Morgan fingerprint density at radius 3 is 2.56 bits per heavy atom. The second-order valence-corrected chi connectivity index (χ2v) is 5.92. The topological polar surface area (TPSA) is 29.3 Å². The minimum Gasteiger partial charge on any atom is -0.330 e. The van der Waals surface area contributed by atoms with Crippen LogP contribution < -0.4 is 5.73 Å². The first-order chi connectivity index (χ1) is 8.63. The van der Waals surface area contributed by atoms with Gasteiger partial charge in [0.05, 0.1) is 0 Å². The van der Waals surface area contributed by atoms with Gasteiger partial charge in [0.1, 0.15) is 0 Å². The molecule has 1 aliphatic rings. The van der Waals surface area contributed by atoms with E-state index in [1.54, 1.807) is 0 Å². The first-order valence-electron chi connectivity index (χ1n) is 6.46. The SMILES string of the molecule is CN(Cc1c(Cl)cccc1Cl)C1CCCC1CN. The lowest BCUT2D eigenvalue weighted by molar-refractivity contribution is 0.193. The molecule has 2 rings (SSSR count). The van der Waals surface area contributed by atoms with Crippen molar-refractivity contribution in [2.75, 3.05) is 13.6 Å². The lowest BCUT2D eigenvalue weighted by atomic mass is 10.0. The van der Waals surface area contributed by atoms with Gasteiger partial charge in [-0.15, -0.1) is 0 Å². The van der Waals surface area contributed by atoms with Crippen molar-refractivity contribution in [3.63, 3.8) is 0 Å². The third-order valence-electron chi connectivity index (χ3n) is 3.96. The summed E-state index contributed by atoms with van der Waals surface area (Å²) in [5.41, 5.74) is 6.86. The summed E-state index contributed by atoms with van der Waals surface area (Å²) in [6.07, 6.45) is 3.73. The highest BCUT2D eigenvalue weighted by molar-refractivity contribution is 6.35. The maximum atomic E-state index is 6.21. The van der Waals surface area contributed by atoms with Gasteiger partial charge in [0, 0.05) is 28.2 Å². The van der Waals surface area contributed by atoms with Gasteiger partial charge in [0.2, 0.25) is 0 Å². The predicted octanol–water partition coefficient (Wildman–Crippen LogP) is 3.55. The van der Waals surface area contributed by atoms with E-state index in [4.69, 9.17) is 28.9 Å². The van der Waals surface area contributed by atoms with E-state index < -0.39 is 0 Å². The number of hydrogen-bond donors (Lipinski definition) is 1. The molecule has 0 radical (unpaired) electrons. The van der Waals surface area contributed by atoms with Gasteiger partial charge in [-0.05, 0) is 44.5 Å². The fraction of sp³-hybridized carbons (Fsp3) is 0.571. The molecule has 1 saturated carbocycles. The van der Waals surface area contributed by atoms with Gasteiger partial charge in [-0.25, -0.2) is 0 Å². The second-order valence-electron chi connectivity index (χ2n) is 5.11. The van der Waals surface area contributed by atoms with Gasteiger partial charge in [0.15, 0.2) is 0 Å². The number of rotatable bonds is 4. The summed E-state index contributed by atoms with van der Waals surface area (Å²) in [5.74, 6) is 0.608. The molecule has 0 bridgehead atoms. The number of halogens is 2. The zero-order chi connectivity index (χ0) is 13.1. The molecule has 0 saturated heterocycles. The van der Waals surface area contributed by atoms with Crippen LogP contribution in [-0.2, 0) is 6.54 Å². The molecule has 4 heteroatoms. The molecule has 2 atom stereocenters. The first kappa shape index (κ1) is 14.1. The van der Waals surface area contributed by atoms with Crippen LogP contribution in [0.3, 0.4) is 0 Å². The van der Waals surface area contributed by atoms with Crippen LogP contribution in [0.2, 0.25) is 10.0 Å². The molecule has 0 aliphatic heterocycles. The van der Waals surface area contributed by atoms with Crippen molar-refractivity contribution in [3.05, 3.63) is 33.8 Å². The summed E-state index contributed by atoms with van der Waals surface area (Å²) in [6, 6.07) is 6.23. The van der Waals surface area contributed by atoms with Gasteiger partial charge >= 0.3 is 0 Å². The fourth-order valence-corrected chi connectivity index (χ4v) is 3.44. The first-order valence-corrected chi connectivity index (χ1v) is 7.22. The Balaban J connectivity index is 2.09. The van der Waals surface area contributed by atoms with Gasteiger partial charge < -0.3 is 5.73 Å². The highest BCUT2D eigenvalue weighted by atomic mass is 35.5. The van der Waals surface area contributed by atoms with Crippen LogP contribution in [0.25, 0.3) is 0 Å². The average Bonchev–Trinajstić information content (AvgIpc) is 2.82. The van der Waals surface area contributed by atoms with E-state index in [0.717, 1.165) is 28.7 Å². The molecule has 1 aromatic carbocycles. The van der Waals surface area contributed by atoms with Crippen LogP contribution in [0.5, 0.6) is 0 Å². The number of nitrogens with two attached hydrogens (primary N) is 1. The quantitative estimate of drug-likeness (QED) is 0.917. The monoisotopic (exact) mass is 286 g/mol. The summed E-state index contributed by atoms with van der Waals surface area (Å²) in [5, 5.41) is 1.49. The van der Waals surface area contributed by atoms with Gasteiger partial charge in [0.25, 0.3) is 0 Å². The molecule has 1 fully saturated rings. The lowest BCUT2D eigenvalue weighted by Gasteiger charge is -2.29. The largest absolute Gasteiger partial charge is 0.330 e. The Hall–Kier alpha value is -0.280. The van der Waals surface area contributed by atoms with Gasteiger partial charge in [-0.3, -0.25) is 4.90 Å². The Morgan fingerprint density at radius 1 is 1.28 bits per heavy atom. The van der Waals surface area contributed by atoms with Crippen molar-refractivity contribution in [2.24, 2.45) is 11.7 Å². The Kier molecular flexibility index (Phi) is 4.91. The van der Waals surface area contributed by atoms with E-state index in [0.29, 0.717) is 12.0 Å². The van der Waals surface area contributed by atoms with E-state index in [1.165, 1.54) is 19.3 Å². The molecule has 0 amide bonds. The van der Waals surface area contributed by atoms with Crippen molar-refractivity contribution < 1.29 is 0 Å². The summed E-state index contributed by atoms with van der Waals surface area (Å²) in [7, 11) is 2.14. The molecule has 100 valence electrons. The predicted molar refractivity (Wildman–Crippen MR) is 78.1 cm³/mol. The third-order valence-corrected chi connectivity index (χ3v) is 4.67. The normalized spacial score (nSPS) is 23.8. The molecular formula is C14H20Cl2N2. The number of benzene rings is 1. The van der Waals surface area contributed by atoms with Gasteiger partial charge in [-0.2, -0.15) is 0 Å². The van der Waals surface area contributed by atoms with Crippen molar-refractivity contribution in [2.45, 2.75) is 31.8 Å². The van der Waals surface area contributed by atoms with Crippen LogP contribution in [0, 0.1) is 5.92 Å². The number of nitrogens with zero attached hydrogens (tertiary/aromatic N) is 1. The summed E-state index contributed by atoms with van der Waals surface area (Å²) in [6.45, 7) is 1.56. The van der Waals surface area contributed by atoms with E-state index in [2.05, 4.69) is 11.9 Å². The minimum atomic E-state index is 0.558. The van der Waals surface area contributed by atoms with Crippen molar-refractivity contribution in [1.82, 2.24) is 4.90 Å². The Morgan fingerprint density at radius 2 is 1.94 bits per heavy atom. The maximum absolute atomic E-state index is 6.21. The Bertz CT molecular complexity index is 389. The van der Waals surface area contributed by atoms with Crippen molar-refractivity contribution in [1.29, 1.82) is 0 Å². The minimum absolute atomic E-state index is 0.558. The van der Waals surface area contributed by atoms with E-state index in [9.17, 15) is 0 Å². The molecule has 2 N–H and O–H groups in total. The number of hydrogen-bond acceptors (Lipinski definition) is 2. The summed E-state index contributed by atoms with van der Waals surface area (Å²) < 4.78 is 0. The van der Waals surface area contributed by atoms with E-state index in [1.807, 2.05) is 18.2 Å². The van der Waals surface area contributed by atoms with Crippen LogP contribution in [0.15, 0.2) is 18.2 Å².